The predicted molar refractivity (Wildman–Crippen MR) is 88.2 cm³/mol. The topological polar surface area (TPSA) is 79.9 Å². The minimum Gasteiger partial charge on any atom is -0.486 e. The molecule has 24 heavy (non-hydrogen) atoms. The zero-order valence-corrected chi connectivity index (χ0v) is 13.8. The Kier molecular flexibility index (Phi) is 5.08. The van der Waals surface area contributed by atoms with E-state index in [1.54, 1.807) is 0 Å². The van der Waals surface area contributed by atoms with Crippen molar-refractivity contribution in [3.05, 3.63) is 23.8 Å². The summed E-state index contributed by atoms with van der Waals surface area (Å²) in [6.07, 6.45) is 1.90. The van der Waals surface area contributed by atoms with Crippen molar-refractivity contribution in [1.82, 2.24) is 15.5 Å². The first-order chi connectivity index (χ1) is 11.6. The molecule has 0 bridgehead atoms. The molecule has 0 spiro atoms. The van der Waals surface area contributed by atoms with Gasteiger partial charge in [-0.15, -0.1) is 0 Å². The molecule has 0 aromatic heterocycles. The van der Waals surface area contributed by atoms with Crippen LogP contribution in [0, 0.1) is 0 Å². The number of nitrogens with zero attached hydrogens (tertiary/aromatic N) is 1. The third-order valence-electron chi connectivity index (χ3n) is 4.24. The quantitative estimate of drug-likeness (QED) is 0.817. The lowest BCUT2D eigenvalue weighted by molar-refractivity contribution is -0.118. The first-order valence-electron chi connectivity index (χ1n) is 8.33. The number of fused-ring (bicyclic) bond motifs is 1. The highest BCUT2D eigenvalue weighted by Gasteiger charge is 2.30. The number of nitrogens with one attached hydrogen (secondary N) is 2. The van der Waals surface area contributed by atoms with Crippen molar-refractivity contribution in [2.24, 2.45) is 0 Å². The molecule has 2 aliphatic rings. The smallest absolute Gasteiger partial charge is 0.317 e. The van der Waals surface area contributed by atoms with Gasteiger partial charge in [0.05, 0.1) is 6.04 Å². The number of carbonyl (C=O) groups is 2. The van der Waals surface area contributed by atoms with Crippen LogP contribution in [-0.4, -0.2) is 49.7 Å². The number of amides is 3. The van der Waals surface area contributed by atoms with Crippen molar-refractivity contribution in [3.63, 3.8) is 0 Å². The molecule has 2 aliphatic heterocycles. The molecule has 2 N–H and O–H groups in total. The van der Waals surface area contributed by atoms with Gasteiger partial charge in [-0.2, -0.15) is 0 Å². The van der Waals surface area contributed by atoms with Crippen LogP contribution in [0.2, 0.25) is 0 Å². The van der Waals surface area contributed by atoms with E-state index >= 15 is 0 Å². The average molecular weight is 333 g/mol. The maximum Gasteiger partial charge on any atom is 0.317 e. The number of carbonyl (C=O) groups excluding carboxylic acids is 2. The Balaban J connectivity index is 1.62. The SMILES string of the molecule is CC(=O)NCCNC(=O)N1CCC[C@H]1c1ccc2c(c1)OCCO2. The molecule has 0 unspecified atom stereocenters. The Bertz CT molecular complexity index is 620. The van der Waals surface area contributed by atoms with Gasteiger partial charge >= 0.3 is 6.03 Å². The molecule has 1 atom stereocenters. The Morgan fingerprint density at radius 3 is 2.71 bits per heavy atom. The van der Waals surface area contributed by atoms with Gasteiger partial charge in [0.2, 0.25) is 5.91 Å². The van der Waals surface area contributed by atoms with E-state index in [4.69, 9.17) is 9.47 Å². The number of hydrogen-bond donors (Lipinski definition) is 2. The molecule has 7 nitrogen and oxygen atoms in total. The second-order valence-corrected chi connectivity index (χ2v) is 5.97. The number of hydrogen-bond acceptors (Lipinski definition) is 4. The molecule has 0 saturated carbocycles. The summed E-state index contributed by atoms with van der Waals surface area (Å²) in [5.41, 5.74) is 1.06. The van der Waals surface area contributed by atoms with Crippen LogP contribution in [-0.2, 0) is 4.79 Å². The first-order valence-corrected chi connectivity index (χ1v) is 8.33. The number of likely N-dealkylation sites (tertiary alicyclic amines) is 1. The lowest BCUT2D eigenvalue weighted by Crippen LogP contribution is -2.42. The monoisotopic (exact) mass is 333 g/mol. The van der Waals surface area contributed by atoms with Gasteiger partial charge in [0.25, 0.3) is 0 Å². The number of benzene rings is 1. The van der Waals surface area contributed by atoms with Crippen molar-refractivity contribution in [2.45, 2.75) is 25.8 Å². The molecular weight excluding hydrogens is 310 g/mol. The van der Waals surface area contributed by atoms with Crippen molar-refractivity contribution >= 4 is 11.9 Å². The normalized spacial score (nSPS) is 19.0. The maximum absolute atomic E-state index is 12.4. The van der Waals surface area contributed by atoms with Crippen molar-refractivity contribution in [3.8, 4) is 11.5 Å². The second kappa shape index (κ2) is 7.42. The summed E-state index contributed by atoms with van der Waals surface area (Å²) in [5.74, 6) is 1.41. The highest BCUT2D eigenvalue weighted by atomic mass is 16.6. The van der Waals surface area contributed by atoms with Crippen molar-refractivity contribution in [2.75, 3.05) is 32.8 Å². The van der Waals surface area contributed by atoms with Gasteiger partial charge in [-0.25, -0.2) is 4.79 Å². The van der Waals surface area contributed by atoms with Gasteiger partial charge in [0.1, 0.15) is 13.2 Å². The van der Waals surface area contributed by atoms with Gasteiger partial charge in [-0.1, -0.05) is 6.07 Å². The largest absolute Gasteiger partial charge is 0.486 e. The molecule has 1 fully saturated rings. The van der Waals surface area contributed by atoms with Crippen LogP contribution < -0.4 is 20.1 Å². The molecule has 1 saturated heterocycles. The zero-order valence-electron chi connectivity index (χ0n) is 13.8. The number of rotatable bonds is 4. The molecule has 7 heteroatoms. The minimum absolute atomic E-state index is 0.0431. The number of ether oxygens (including phenoxy) is 2. The van der Waals surface area contributed by atoms with E-state index in [1.807, 2.05) is 23.1 Å². The highest BCUT2D eigenvalue weighted by molar-refractivity contribution is 5.75. The van der Waals surface area contributed by atoms with Gasteiger partial charge in [0.15, 0.2) is 11.5 Å². The van der Waals surface area contributed by atoms with Crippen LogP contribution >= 0.6 is 0 Å². The maximum atomic E-state index is 12.4. The van der Waals surface area contributed by atoms with E-state index < -0.39 is 0 Å². The summed E-state index contributed by atoms with van der Waals surface area (Å²) in [7, 11) is 0. The van der Waals surface area contributed by atoms with Crippen LogP contribution in [0.5, 0.6) is 11.5 Å². The van der Waals surface area contributed by atoms with E-state index in [9.17, 15) is 9.59 Å². The summed E-state index contributed by atoms with van der Waals surface area (Å²) < 4.78 is 11.2. The molecule has 2 heterocycles. The summed E-state index contributed by atoms with van der Waals surface area (Å²) in [5, 5.41) is 5.52. The fourth-order valence-corrected chi connectivity index (χ4v) is 3.13. The first kappa shape index (κ1) is 16.4. The Morgan fingerprint density at radius 2 is 1.92 bits per heavy atom. The van der Waals surface area contributed by atoms with Crippen LogP contribution in [0.1, 0.15) is 31.4 Å². The van der Waals surface area contributed by atoms with Crippen LogP contribution in [0.25, 0.3) is 0 Å². The van der Waals surface area contributed by atoms with Gasteiger partial charge < -0.3 is 25.0 Å². The van der Waals surface area contributed by atoms with E-state index in [0.29, 0.717) is 26.3 Å². The molecule has 0 radical (unpaired) electrons. The van der Waals surface area contributed by atoms with Crippen LogP contribution in [0.4, 0.5) is 4.79 Å². The van der Waals surface area contributed by atoms with Gasteiger partial charge in [0, 0.05) is 26.6 Å². The second-order valence-electron chi connectivity index (χ2n) is 5.97. The fraction of sp³-hybridized carbons (Fsp3) is 0.529. The van der Waals surface area contributed by atoms with Gasteiger partial charge in [-0.05, 0) is 30.5 Å². The van der Waals surface area contributed by atoms with E-state index in [2.05, 4.69) is 10.6 Å². The zero-order chi connectivity index (χ0) is 16.9. The summed E-state index contributed by atoms with van der Waals surface area (Å²) >= 11 is 0. The average Bonchev–Trinajstić information content (AvgIpc) is 3.07. The van der Waals surface area contributed by atoms with E-state index in [0.717, 1.165) is 36.4 Å². The third kappa shape index (κ3) is 3.72. The Hall–Kier alpha value is -2.44. The Morgan fingerprint density at radius 1 is 1.17 bits per heavy atom. The summed E-state index contributed by atoms with van der Waals surface area (Å²) in [4.78, 5) is 25.1. The summed E-state index contributed by atoms with van der Waals surface area (Å²) in [6, 6.07) is 5.83. The summed E-state index contributed by atoms with van der Waals surface area (Å²) in [6.45, 7) is 4.16. The molecule has 3 amide bonds. The lowest BCUT2D eigenvalue weighted by Gasteiger charge is -2.27. The van der Waals surface area contributed by atoms with Crippen LogP contribution in [0.3, 0.4) is 0 Å². The molecule has 1 aromatic carbocycles. The van der Waals surface area contributed by atoms with E-state index in [1.165, 1.54) is 6.92 Å². The molecule has 3 rings (SSSR count). The van der Waals surface area contributed by atoms with Crippen molar-refractivity contribution < 1.29 is 19.1 Å². The predicted octanol–water partition coefficient (Wildman–Crippen LogP) is 1.44. The standard InChI is InChI=1S/C17H23N3O4/c1-12(21)18-6-7-19-17(22)20-8-2-3-14(20)13-4-5-15-16(11-13)24-10-9-23-15/h4-5,11,14H,2-3,6-10H2,1H3,(H,18,21)(H,19,22)/t14-/m0/s1. The van der Waals surface area contributed by atoms with E-state index in [-0.39, 0.29) is 18.0 Å². The molecule has 1 aromatic rings. The fourth-order valence-electron chi connectivity index (χ4n) is 3.13. The van der Waals surface area contributed by atoms with Gasteiger partial charge in [-0.3, -0.25) is 4.79 Å². The molecule has 0 aliphatic carbocycles. The minimum atomic E-state index is -0.0993. The highest BCUT2D eigenvalue weighted by Crippen LogP contribution is 2.37. The Labute approximate surface area is 141 Å². The molecular formula is C17H23N3O4. The number of urea groups is 1. The van der Waals surface area contributed by atoms with Crippen LogP contribution in [0.15, 0.2) is 18.2 Å². The van der Waals surface area contributed by atoms with Crippen molar-refractivity contribution in [1.29, 1.82) is 0 Å². The lowest BCUT2D eigenvalue weighted by atomic mass is 10.0. The third-order valence-corrected chi connectivity index (χ3v) is 4.24. The molecule has 130 valence electrons.